The van der Waals surface area contributed by atoms with Gasteiger partial charge in [-0.2, -0.15) is 0 Å². The van der Waals surface area contributed by atoms with E-state index in [1.165, 1.54) is 4.90 Å². The van der Waals surface area contributed by atoms with E-state index < -0.39 is 0 Å². The number of fused-ring (bicyclic) bond motifs is 1. The molecule has 1 heterocycles. The maximum absolute atomic E-state index is 12.7. The second-order valence-corrected chi connectivity index (χ2v) is 5.26. The van der Waals surface area contributed by atoms with Crippen molar-refractivity contribution in [3.63, 3.8) is 0 Å². The number of nitrogens with one attached hydrogen (secondary N) is 1. The normalized spacial score (nSPS) is 14.4. The molecule has 1 aliphatic heterocycles. The van der Waals surface area contributed by atoms with Crippen LogP contribution in [0.5, 0.6) is 0 Å². The van der Waals surface area contributed by atoms with Crippen LogP contribution in [0, 0.1) is 0 Å². The summed E-state index contributed by atoms with van der Waals surface area (Å²) in [7, 11) is 0. The second kappa shape index (κ2) is 5.58. The summed E-state index contributed by atoms with van der Waals surface area (Å²) in [6.07, 6.45) is 0. The number of hydrogen-bond donors (Lipinski definition) is 1. The highest BCUT2D eigenvalue weighted by atomic mass is 35.5. The molecule has 0 radical (unpaired) electrons. The fourth-order valence-electron chi connectivity index (χ4n) is 2.37. The summed E-state index contributed by atoms with van der Waals surface area (Å²) in [5.41, 5.74) is 1.78. The highest BCUT2D eigenvalue weighted by molar-refractivity contribution is 6.35. The van der Waals surface area contributed by atoms with E-state index in [1.54, 1.807) is 18.2 Å². The zero-order valence-electron chi connectivity index (χ0n) is 11.2. The van der Waals surface area contributed by atoms with Crippen LogP contribution in [-0.4, -0.2) is 23.3 Å². The zero-order valence-corrected chi connectivity index (χ0v) is 11.9. The van der Waals surface area contributed by atoms with Crippen molar-refractivity contribution in [2.75, 3.05) is 11.9 Å². The molecule has 0 spiro atoms. The lowest BCUT2D eigenvalue weighted by atomic mass is 10.1. The van der Waals surface area contributed by atoms with Crippen LogP contribution < -0.4 is 5.32 Å². The molecule has 2 amide bonds. The van der Waals surface area contributed by atoms with Crippen molar-refractivity contribution in [3.05, 3.63) is 64.7 Å². The van der Waals surface area contributed by atoms with Crippen molar-refractivity contribution >= 4 is 29.1 Å². The van der Waals surface area contributed by atoms with Crippen LogP contribution in [0.4, 0.5) is 5.69 Å². The molecule has 1 aliphatic rings. The van der Waals surface area contributed by atoms with Crippen LogP contribution in [0.3, 0.4) is 0 Å². The Bertz CT molecular complexity index is 701. The van der Waals surface area contributed by atoms with Crippen molar-refractivity contribution in [2.24, 2.45) is 0 Å². The van der Waals surface area contributed by atoms with Crippen LogP contribution in [0.1, 0.15) is 15.9 Å². The molecule has 0 unspecified atom stereocenters. The number of carbonyl (C=O) groups excluding carboxylic acids is 2. The minimum atomic E-state index is -0.238. The highest BCUT2D eigenvalue weighted by Crippen LogP contribution is 2.28. The molecular formula is C16H13ClN2O2. The number of amides is 2. The Morgan fingerprint density at radius 2 is 1.81 bits per heavy atom. The van der Waals surface area contributed by atoms with Gasteiger partial charge in [0.1, 0.15) is 6.54 Å². The summed E-state index contributed by atoms with van der Waals surface area (Å²) in [6, 6.07) is 14.6. The summed E-state index contributed by atoms with van der Waals surface area (Å²) in [4.78, 5) is 26.1. The minimum absolute atomic E-state index is 0.0126. The lowest BCUT2D eigenvalue weighted by Crippen LogP contribution is -2.34. The first-order chi connectivity index (χ1) is 10.1. The predicted octanol–water partition coefficient (Wildman–Crippen LogP) is 2.93. The maximum Gasteiger partial charge on any atom is 0.258 e. The van der Waals surface area contributed by atoms with Crippen molar-refractivity contribution < 1.29 is 9.59 Å². The molecule has 4 nitrogen and oxygen atoms in total. The summed E-state index contributed by atoms with van der Waals surface area (Å²) in [5, 5.41) is 3.07. The SMILES string of the molecule is O=C1CN(Cc2ccccc2)C(=O)c2c(Cl)cccc2N1. The van der Waals surface area contributed by atoms with E-state index in [1.807, 2.05) is 30.3 Å². The van der Waals surface area contributed by atoms with E-state index in [0.717, 1.165) is 5.56 Å². The average molecular weight is 301 g/mol. The number of rotatable bonds is 2. The number of benzene rings is 2. The van der Waals surface area contributed by atoms with E-state index in [9.17, 15) is 9.59 Å². The van der Waals surface area contributed by atoms with Gasteiger partial charge in [0.05, 0.1) is 16.3 Å². The van der Waals surface area contributed by atoms with Gasteiger partial charge in [0.15, 0.2) is 0 Å². The maximum atomic E-state index is 12.7. The van der Waals surface area contributed by atoms with Crippen LogP contribution in [0.25, 0.3) is 0 Å². The lowest BCUT2D eigenvalue weighted by Gasteiger charge is -2.20. The quantitative estimate of drug-likeness (QED) is 0.927. The van der Waals surface area contributed by atoms with Gasteiger partial charge in [0.25, 0.3) is 5.91 Å². The topological polar surface area (TPSA) is 49.4 Å². The summed E-state index contributed by atoms with van der Waals surface area (Å²) < 4.78 is 0. The van der Waals surface area contributed by atoms with E-state index in [-0.39, 0.29) is 18.4 Å². The Labute approximate surface area is 127 Å². The molecule has 0 saturated heterocycles. The molecule has 3 rings (SSSR count). The van der Waals surface area contributed by atoms with E-state index in [0.29, 0.717) is 22.8 Å². The Balaban J connectivity index is 1.97. The molecule has 0 fully saturated rings. The fourth-order valence-corrected chi connectivity index (χ4v) is 2.63. The summed E-state index contributed by atoms with van der Waals surface area (Å²) >= 11 is 6.13. The fraction of sp³-hybridized carbons (Fsp3) is 0.125. The summed E-state index contributed by atoms with van der Waals surface area (Å²) in [5.74, 6) is -0.460. The van der Waals surface area contributed by atoms with Gasteiger partial charge >= 0.3 is 0 Å². The van der Waals surface area contributed by atoms with Crippen LogP contribution in [0.15, 0.2) is 48.5 Å². The smallest absolute Gasteiger partial charge is 0.258 e. The third-order valence-electron chi connectivity index (χ3n) is 3.34. The van der Waals surface area contributed by atoms with E-state index in [4.69, 9.17) is 11.6 Å². The second-order valence-electron chi connectivity index (χ2n) is 4.86. The Morgan fingerprint density at radius 1 is 1.05 bits per heavy atom. The molecule has 2 aromatic rings. The molecule has 5 heteroatoms. The van der Waals surface area contributed by atoms with Crippen LogP contribution in [0.2, 0.25) is 5.02 Å². The van der Waals surface area contributed by atoms with Crippen molar-refractivity contribution in [3.8, 4) is 0 Å². The van der Waals surface area contributed by atoms with E-state index in [2.05, 4.69) is 5.32 Å². The van der Waals surface area contributed by atoms with Crippen LogP contribution >= 0.6 is 11.6 Å². The van der Waals surface area contributed by atoms with Crippen molar-refractivity contribution in [2.45, 2.75) is 6.54 Å². The Morgan fingerprint density at radius 3 is 2.57 bits per heavy atom. The molecule has 0 aliphatic carbocycles. The van der Waals surface area contributed by atoms with Gasteiger partial charge < -0.3 is 10.2 Å². The Kier molecular flexibility index (Phi) is 3.62. The third kappa shape index (κ3) is 2.76. The first-order valence-electron chi connectivity index (χ1n) is 6.57. The standard InChI is InChI=1S/C16H13ClN2O2/c17-12-7-4-8-13-15(12)16(21)19(10-14(20)18-13)9-11-5-2-1-3-6-11/h1-8H,9-10H2,(H,18,20). The molecule has 0 bridgehead atoms. The molecule has 1 N–H and O–H groups in total. The van der Waals surface area contributed by atoms with Gasteiger partial charge in [-0.05, 0) is 17.7 Å². The molecular weight excluding hydrogens is 288 g/mol. The third-order valence-corrected chi connectivity index (χ3v) is 3.65. The minimum Gasteiger partial charge on any atom is -0.325 e. The molecule has 2 aromatic carbocycles. The summed E-state index contributed by atoms with van der Waals surface area (Å²) in [6.45, 7) is 0.385. The number of anilines is 1. The average Bonchev–Trinajstić information content (AvgIpc) is 2.58. The molecule has 106 valence electrons. The van der Waals surface area contributed by atoms with Crippen molar-refractivity contribution in [1.82, 2.24) is 4.90 Å². The first-order valence-corrected chi connectivity index (χ1v) is 6.94. The Hall–Kier alpha value is -2.33. The van der Waals surface area contributed by atoms with Gasteiger partial charge in [-0.15, -0.1) is 0 Å². The number of nitrogens with zero attached hydrogens (tertiary/aromatic N) is 1. The zero-order chi connectivity index (χ0) is 14.8. The van der Waals surface area contributed by atoms with E-state index >= 15 is 0 Å². The van der Waals surface area contributed by atoms with Gasteiger partial charge in [-0.1, -0.05) is 48.0 Å². The monoisotopic (exact) mass is 300 g/mol. The largest absolute Gasteiger partial charge is 0.325 e. The number of halogens is 1. The lowest BCUT2D eigenvalue weighted by molar-refractivity contribution is -0.116. The highest BCUT2D eigenvalue weighted by Gasteiger charge is 2.28. The van der Waals surface area contributed by atoms with Gasteiger partial charge in [0.2, 0.25) is 5.91 Å². The van der Waals surface area contributed by atoms with Gasteiger partial charge in [-0.25, -0.2) is 0 Å². The first kappa shape index (κ1) is 13.6. The van der Waals surface area contributed by atoms with Crippen LogP contribution in [-0.2, 0) is 11.3 Å². The molecule has 0 aromatic heterocycles. The molecule has 21 heavy (non-hydrogen) atoms. The number of carbonyl (C=O) groups is 2. The van der Waals surface area contributed by atoms with Crippen molar-refractivity contribution in [1.29, 1.82) is 0 Å². The predicted molar refractivity (Wildman–Crippen MR) is 81.3 cm³/mol. The van der Waals surface area contributed by atoms with Gasteiger partial charge in [0, 0.05) is 6.54 Å². The molecule has 0 atom stereocenters. The molecule has 0 saturated carbocycles. The van der Waals surface area contributed by atoms with Gasteiger partial charge in [-0.3, -0.25) is 9.59 Å². The number of hydrogen-bond acceptors (Lipinski definition) is 2.